The molecule has 0 unspecified atom stereocenters. The number of hydrogen-bond acceptors (Lipinski definition) is 0. The van der Waals surface area contributed by atoms with Crippen molar-refractivity contribution in [3.8, 4) is 0 Å². The average molecular weight is 246 g/mol. The maximum Gasteiger partial charge on any atom is 0.0302 e. The van der Waals surface area contributed by atoms with Gasteiger partial charge in [-0.1, -0.05) is 84.5 Å². The van der Waals surface area contributed by atoms with Gasteiger partial charge in [0.05, 0.1) is 0 Å². The van der Waals surface area contributed by atoms with Gasteiger partial charge in [-0.05, 0) is 24.0 Å². The Morgan fingerprint density at radius 3 is 1.79 bits per heavy atom. The van der Waals surface area contributed by atoms with Crippen LogP contribution < -0.4 is 0 Å². The maximum absolute atomic E-state index is 2.29. The summed E-state index contributed by atoms with van der Waals surface area (Å²) < 4.78 is 0. The molecular weight excluding hydrogens is 228 g/mol. The molecule has 94 valence electrons. The molecule has 0 aromatic heterocycles. The van der Waals surface area contributed by atoms with E-state index in [-0.39, 0.29) is 0 Å². The van der Waals surface area contributed by atoms with Gasteiger partial charge in [0.2, 0.25) is 0 Å². The van der Waals surface area contributed by atoms with Gasteiger partial charge in [-0.3, -0.25) is 0 Å². The van der Waals surface area contributed by atoms with E-state index in [1.54, 1.807) is 0 Å². The van der Waals surface area contributed by atoms with Crippen LogP contribution in [-0.4, -0.2) is 0 Å². The summed E-state index contributed by atoms with van der Waals surface area (Å²) in [6.45, 7) is 0. The second kappa shape index (κ2) is 5.71. The summed E-state index contributed by atoms with van der Waals surface area (Å²) in [6, 6.07) is 21.6. The van der Waals surface area contributed by atoms with Crippen LogP contribution >= 0.6 is 0 Å². The molecule has 0 fully saturated rings. The van der Waals surface area contributed by atoms with Crippen molar-refractivity contribution in [1.82, 2.24) is 0 Å². The maximum atomic E-state index is 2.29. The van der Waals surface area contributed by atoms with Crippen molar-refractivity contribution < 1.29 is 0 Å². The molecule has 0 bridgehead atoms. The quantitative estimate of drug-likeness (QED) is 0.707. The molecule has 0 heteroatoms. The monoisotopic (exact) mass is 246 g/mol. The van der Waals surface area contributed by atoms with Crippen LogP contribution in [0.15, 0.2) is 84.5 Å². The molecule has 0 atom stereocenters. The van der Waals surface area contributed by atoms with E-state index < -0.39 is 0 Å². The summed E-state index contributed by atoms with van der Waals surface area (Å²) in [5.74, 6) is 0.396. The number of rotatable bonds is 3. The Balaban J connectivity index is 2.06. The summed E-state index contributed by atoms with van der Waals surface area (Å²) in [5.41, 5.74) is 4.28. The lowest BCUT2D eigenvalue weighted by Gasteiger charge is -2.22. The SMILES string of the molecule is C1=CCCC(C(c2ccccc2)c2ccccc2)=C1. The van der Waals surface area contributed by atoms with Crippen LogP contribution in [0.5, 0.6) is 0 Å². The van der Waals surface area contributed by atoms with Crippen molar-refractivity contribution in [2.75, 3.05) is 0 Å². The molecule has 0 heterocycles. The van der Waals surface area contributed by atoms with Crippen molar-refractivity contribution in [3.05, 3.63) is 95.6 Å². The predicted molar refractivity (Wildman–Crippen MR) is 81.2 cm³/mol. The Morgan fingerprint density at radius 2 is 1.32 bits per heavy atom. The van der Waals surface area contributed by atoms with E-state index in [1.807, 2.05) is 0 Å². The van der Waals surface area contributed by atoms with E-state index in [9.17, 15) is 0 Å². The van der Waals surface area contributed by atoms with Crippen LogP contribution in [0.1, 0.15) is 29.9 Å². The van der Waals surface area contributed by atoms with Crippen LogP contribution in [0.2, 0.25) is 0 Å². The highest BCUT2D eigenvalue weighted by atomic mass is 14.2. The highest BCUT2D eigenvalue weighted by molar-refractivity contribution is 5.42. The smallest absolute Gasteiger partial charge is 0.0302 e. The molecular formula is C19H18. The molecule has 0 radical (unpaired) electrons. The van der Waals surface area contributed by atoms with Crippen LogP contribution in [0.4, 0.5) is 0 Å². The van der Waals surface area contributed by atoms with Gasteiger partial charge in [0.1, 0.15) is 0 Å². The minimum Gasteiger partial charge on any atom is -0.0842 e. The van der Waals surface area contributed by atoms with Gasteiger partial charge >= 0.3 is 0 Å². The van der Waals surface area contributed by atoms with E-state index in [4.69, 9.17) is 0 Å². The second-order valence-corrected chi connectivity index (χ2v) is 4.96. The molecule has 0 saturated carbocycles. The Labute approximate surface area is 115 Å². The molecule has 19 heavy (non-hydrogen) atoms. The average Bonchev–Trinajstić information content (AvgIpc) is 2.51. The summed E-state index contributed by atoms with van der Waals surface area (Å²) in [5, 5.41) is 0. The lowest BCUT2D eigenvalue weighted by molar-refractivity contribution is 0.831. The van der Waals surface area contributed by atoms with Gasteiger partial charge in [0.15, 0.2) is 0 Å². The van der Waals surface area contributed by atoms with Gasteiger partial charge < -0.3 is 0 Å². The zero-order valence-corrected chi connectivity index (χ0v) is 11.0. The van der Waals surface area contributed by atoms with E-state index in [1.165, 1.54) is 16.7 Å². The Kier molecular flexibility index (Phi) is 3.60. The Hall–Kier alpha value is -2.08. The predicted octanol–water partition coefficient (Wildman–Crippen LogP) is 5.09. The largest absolute Gasteiger partial charge is 0.0842 e. The Morgan fingerprint density at radius 1 is 0.737 bits per heavy atom. The first-order valence-electron chi connectivity index (χ1n) is 6.90. The molecule has 1 aliphatic rings. The molecule has 3 rings (SSSR count). The van der Waals surface area contributed by atoms with Gasteiger partial charge in [0, 0.05) is 5.92 Å². The standard InChI is InChI=1S/C19H18/c1-4-10-16(11-5-1)19(17-12-6-2-7-13-17)18-14-8-3-9-15-18/h1-8,10-14,19H,9,15H2. The molecule has 0 N–H and O–H groups in total. The third kappa shape index (κ3) is 2.68. The number of benzene rings is 2. The highest BCUT2D eigenvalue weighted by Crippen LogP contribution is 2.35. The minimum absolute atomic E-state index is 0.396. The van der Waals surface area contributed by atoms with E-state index in [0.29, 0.717) is 5.92 Å². The first-order valence-corrected chi connectivity index (χ1v) is 6.90. The van der Waals surface area contributed by atoms with Crippen LogP contribution in [0.3, 0.4) is 0 Å². The molecule has 0 nitrogen and oxygen atoms in total. The van der Waals surface area contributed by atoms with Gasteiger partial charge in [-0.15, -0.1) is 0 Å². The van der Waals surface area contributed by atoms with Gasteiger partial charge in [-0.25, -0.2) is 0 Å². The highest BCUT2D eigenvalue weighted by Gasteiger charge is 2.18. The van der Waals surface area contributed by atoms with E-state index in [0.717, 1.165) is 12.8 Å². The van der Waals surface area contributed by atoms with Crippen molar-refractivity contribution in [1.29, 1.82) is 0 Å². The van der Waals surface area contributed by atoms with Crippen LogP contribution in [0.25, 0.3) is 0 Å². The first-order chi connectivity index (χ1) is 9.45. The Bertz CT molecular complexity index is 536. The first kappa shape index (κ1) is 12.0. The lowest BCUT2D eigenvalue weighted by Crippen LogP contribution is -2.06. The van der Waals surface area contributed by atoms with Crippen molar-refractivity contribution in [2.45, 2.75) is 18.8 Å². The van der Waals surface area contributed by atoms with Crippen molar-refractivity contribution in [2.24, 2.45) is 0 Å². The van der Waals surface area contributed by atoms with Crippen molar-refractivity contribution >= 4 is 0 Å². The van der Waals surface area contributed by atoms with Crippen LogP contribution in [-0.2, 0) is 0 Å². The van der Waals surface area contributed by atoms with Crippen LogP contribution in [0, 0.1) is 0 Å². The third-order valence-corrected chi connectivity index (χ3v) is 3.68. The lowest BCUT2D eigenvalue weighted by atomic mass is 9.81. The van der Waals surface area contributed by atoms with Crippen molar-refractivity contribution in [3.63, 3.8) is 0 Å². The number of allylic oxidation sites excluding steroid dienone is 4. The summed E-state index contributed by atoms with van der Waals surface area (Å²) in [4.78, 5) is 0. The fourth-order valence-electron chi connectivity index (χ4n) is 2.77. The zero-order chi connectivity index (χ0) is 12.9. The summed E-state index contributed by atoms with van der Waals surface area (Å²) in [6.07, 6.45) is 9.04. The summed E-state index contributed by atoms with van der Waals surface area (Å²) in [7, 11) is 0. The number of hydrogen-bond donors (Lipinski definition) is 0. The molecule has 2 aromatic rings. The fraction of sp³-hybridized carbons (Fsp3) is 0.158. The fourth-order valence-corrected chi connectivity index (χ4v) is 2.77. The third-order valence-electron chi connectivity index (χ3n) is 3.68. The van der Waals surface area contributed by atoms with Gasteiger partial charge in [-0.2, -0.15) is 0 Å². The molecule has 0 spiro atoms. The molecule has 0 aliphatic heterocycles. The molecule has 1 aliphatic carbocycles. The van der Waals surface area contributed by atoms with E-state index in [2.05, 4.69) is 78.9 Å². The van der Waals surface area contributed by atoms with E-state index >= 15 is 0 Å². The topological polar surface area (TPSA) is 0 Å². The summed E-state index contributed by atoms with van der Waals surface area (Å²) >= 11 is 0. The van der Waals surface area contributed by atoms with Gasteiger partial charge in [0.25, 0.3) is 0 Å². The molecule has 0 amide bonds. The molecule has 0 saturated heterocycles. The normalized spacial score (nSPS) is 14.5. The minimum atomic E-state index is 0.396. The second-order valence-electron chi connectivity index (χ2n) is 4.96. The zero-order valence-electron chi connectivity index (χ0n) is 11.0. The molecule has 2 aromatic carbocycles.